The molecule has 2 aromatic carbocycles. The zero-order valence-electron chi connectivity index (χ0n) is 11.2. The molecule has 5 heteroatoms. The lowest BCUT2D eigenvalue weighted by molar-refractivity contribution is 0.0595. The van der Waals surface area contributed by atoms with Crippen molar-refractivity contribution in [1.29, 1.82) is 0 Å². The van der Waals surface area contributed by atoms with Gasteiger partial charge in [-0.15, -0.1) is 0 Å². The Balaban J connectivity index is 2.00. The van der Waals surface area contributed by atoms with Crippen molar-refractivity contribution >= 4 is 44.6 Å². The Morgan fingerprint density at radius 2 is 1.95 bits per heavy atom. The first-order valence-corrected chi connectivity index (χ1v) is 7.92. The molecule has 1 heterocycles. The number of hydrogen-bond donors (Lipinski definition) is 1. The molecule has 0 bridgehead atoms. The molecule has 0 saturated carbocycles. The van der Waals surface area contributed by atoms with E-state index < -0.39 is 0 Å². The average molecular weight is 362 g/mol. The highest BCUT2D eigenvalue weighted by Crippen LogP contribution is 2.34. The lowest BCUT2D eigenvalue weighted by Gasteiger charge is -2.03. The largest absolute Gasteiger partial charge is 0.464 e. The summed E-state index contributed by atoms with van der Waals surface area (Å²) in [5, 5.41) is 1.02. The monoisotopic (exact) mass is 361 g/mol. The molecule has 0 radical (unpaired) electrons. The van der Waals surface area contributed by atoms with Crippen LogP contribution in [-0.4, -0.2) is 18.1 Å². The number of nitrogens with one attached hydrogen (secondary N) is 1. The minimum atomic E-state index is -0.356. The van der Waals surface area contributed by atoms with Gasteiger partial charge in [-0.3, -0.25) is 0 Å². The molecule has 0 atom stereocenters. The van der Waals surface area contributed by atoms with Crippen LogP contribution in [0.1, 0.15) is 10.5 Å². The zero-order chi connectivity index (χ0) is 14.8. The minimum Gasteiger partial charge on any atom is -0.464 e. The van der Waals surface area contributed by atoms with Crippen LogP contribution in [0, 0.1) is 0 Å². The van der Waals surface area contributed by atoms with Gasteiger partial charge < -0.3 is 9.72 Å². The van der Waals surface area contributed by atoms with Crippen molar-refractivity contribution in [3.8, 4) is 0 Å². The van der Waals surface area contributed by atoms with E-state index in [2.05, 4.69) is 33.0 Å². The second-order valence-electron chi connectivity index (χ2n) is 4.45. The molecular formula is C16H12BrNO2S. The van der Waals surface area contributed by atoms with Crippen LogP contribution in [0.5, 0.6) is 0 Å². The molecule has 21 heavy (non-hydrogen) atoms. The number of aromatic nitrogens is 1. The number of benzene rings is 2. The Bertz CT molecular complexity index is 796. The minimum absolute atomic E-state index is 0.356. The summed E-state index contributed by atoms with van der Waals surface area (Å²) in [6.07, 6.45) is 0. The van der Waals surface area contributed by atoms with Gasteiger partial charge in [0.2, 0.25) is 0 Å². The quantitative estimate of drug-likeness (QED) is 0.676. The lowest BCUT2D eigenvalue weighted by atomic mass is 10.2. The lowest BCUT2D eigenvalue weighted by Crippen LogP contribution is -2.00. The van der Waals surface area contributed by atoms with Crippen molar-refractivity contribution in [2.24, 2.45) is 0 Å². The van der Waals surface area contributed by atoms with Gasteiger partial charge in [-0.05, 0) is 42.5 Å². The van der Waals surface area contributed by atoms with E-state index >= 15 is 0 Å². The summed E-state index contributed by atoms with van der Waals surface area (Å²) in [4.78, 5) is 17.0. The van der Waals surface area contributed by atoms with E-state index in [-0.39, 0.29) is 5.97 Å². The number of ether oxygens (including phenoxy) is 1. The summed E-state index contributed by atoms with van der Waals surface area (Å²) in [5.41, 5.74) is 1.40. The Labute approximate surface area is 134 Å². The molecular weight excluding hydrogens is 350 g/mol. The van der Waals surface area contributed by atoms with Crippen LogP contribution in [0.3, 0.4) is 0 Å². The second-order valence-corrected chi connectivity index (χ2v) is 6.48. The number of carbonyl (C=O) groups excluding carboxylic acids is 1. The van der Waals surface area contributed by atoms with Crippen molar-refractivity contribution in [1.82, 2.24) is 4.98 Å². The molecule has 106 valence electrons. The van der Waals surface area contributed by atoms with Crippen LogP contribution in [0.15, 0.2) is 62.8 Å². The average Bonchev–Trinajstić information content (AvgIpc) is 2.94. The number of rotatable bonds is 3. The Morgan fingerprint density at radius 3 is 2.67 bits per heavy atom. The SMILES string of the molecule is COC(=O)c1cc2c(Sc3ccc(Br)cc3)cccc2[nH]1. The Kier molecular flexibility index (Phi) is 4.03. The molecule has 1 aromatic heterocycles. The second kappa shape index (κ2) is 5.95. The van der Waals surface area contributed by atoms with E-state index in [4.69, 9.17) is 4.74 Å². The van der Waals surface area contributed by atoms with Crippen molar-refractivity contribution in [3.63, 3.8) is 0 Å². The summed E-state index contributed by atoms with van der Waals surface area (Å²) >= 11 is 5.10. The van der Waals surface area contributed by atoms with Crippen LogP contribution in [0.25, 0.3) is 10.9 Å². The predicted octanol–water partition coefficient (Wildman–Crippen LogP) is 4.87. The number of aromatic amines is 1. The van der Waals surface area contributed by atoms with Gasteiger partial charge in [-0.1, -0.05) is 33.8 Å². The highest BCUT2D eigenvalue weighted by molar-refractivity contribution is 9.10. The van der Waals surface area contributed by atoms with Crippen molar-refractivity contribution in [3.05, 3.63) is 58.7 Å². The molecule has 3 aromatic rings. The fourth-order valence-corrected chi connectivity index (χ4v) is 3.28. The zero-order valence-corrected chi connectivity index (χ0v) is 13.6. The third kappa shape index (κ3) is 2.99. The van der Waals surface area contributed by atoms with Crippen LogP contribution in [0.2, 0.25) is 0 Å². The molecule has 0 unspecified atom stereocenters. The van der Waals surface area contributed by atoms with Crippen molar-refractivity contribution in [2.75, 3.05) is 7.11 Å². The number of esters is 1. The number of H-pyrrole nitrogens is 1. The summed E-state index contributed by atoms with van der Waals surface area (Å²) in [6, 6.07) is 15.9. The van der Waals surface area contributed by atoms with Gasteiger partial charge in [-0.2, -0.15) is 0 Å². The maximum absolute atomic E-state index is 11.6. The van der Waals surface area contributed by atoms with E-state index in [1.54, 1.807) is 11.8 Å². The third-order valence-corrected chi connectivity index (χ3v) is 4.68. The first kappa shape index (κ1) is 14.2. The van der Waals surface area contributed by atoms with Crippen LogP contribution in [-0.2, 0) is 4.74 Å². The number of carbonyl (C=O) groups is 1. The normalized spacial score (nSPS) is 10.8. The van der Waals surface area contributed by atoms with E-state index in [1.165, 1.54) is 7.11 Å². The van der Waals surface area contributed by atoms with E-state index in [0.717, 1.165) is 25.2 Å². The maximum Gasteiger partial charge on any atom is 0.354 e. The molecule has 0 saturated heterocycles. The summed E-state index contributed by atoms with van der Waals surface area (Å²) in [6.45, 7) is 0. The number of methoxy groups -OCH3 is 1. The Hall–Kier alpha value is -1.72. The topological polar surface area (TPSA) is 42.1 Å². The number of fused-ring (bicyclic) bond motifs is 1. The highest BCUT2D eigenvalue weighted by atomic mass is 79.9. The van der Waals surface area contributed by atoms with Gasteiger partial charge in [0, 0.05) is 25.2 Å². The molecule has 0 aliphatic heterocycles. The molecule has 3 rings (SSSR count). The van der Waals surface area contributed by atoms with E-state index in [0.29, 0.717) is 5.69 Å². The summed E-state index contributed by atoms with van der Waals surface area (Å²) in [7, 11) is 1.38. The van der Waals surface area contributed by atoms with E-state index in [1.807, 2.05) is 36.4 Å². The van der Waals surface area contributed by atoms with Crippen molar-refractivity contribution in [2.45, 2.75) is 9.79 Å². The van der Waals surface area contributed by atoms with Gasteiger partial charge >= 0.3 is 5.97 Å². The number of hydrogen-bond acceptors (Lipinski definition) is 3. The van der Waals surface area contributed by atoms with Gasteiger partial charge in [0.25, 0.3) is 0 Å². The Morgan fingerprint density at radius 1 is 1.19 bits per heavy atom. The molecule has 3 nitrogen and oxygen atoms in total. The first-order valence-electron chi connectivity index (χ1n) is 6.31. The fraction of sp³-hybridized carbons (Fsp3) is 0.0625. The molecule has 0 amide bonds. The third-order valence-electron chi connectivity index (χ3n) is 3.07. The van der Waals surface area contributed by atoms with Crippen LogP contribution in [0.4, 0.5) is 0 Å². The fourth-order valence-electron chi connectivity index (χ4n) is 2.07. The van der Waals surface area contributed by atoms with Gasteiger partial charge in [0.1, 0.15) is 5.69 Å². The van der Waals surface area contributed by atoms with Gasteiger partial charge in [-0.25, -0.2) is 4.79 Å². The number of halogens is 1. The summed E-state index contributed by atoms with van der Waals surface area (Å²) < 4.78 is 5.81. The molecule has 0 aliphatic rings. The molecule has 0 spiro atoms. The van der Waals surface area contributed by atoms with Crippen LogP contribution >= 0.6 is 27.7 Å². The molecule has 0 fully saturated rings. The standard InChI is InChI=1S/C16H12BrNO2S/c1-20-16(19)14-9-12-13(18-14)3-2-4-15(12)21-11-7-5-10(17)6-8-11/h2-9,18H,1H3. The molecule has 0 aliphatic carbocycles. The molecule has 1 N–H and O–H groups in total. The van der Waals surface area contributed by atoms with Crippen LogP contribution < -0.4 is 0 Å². The summed E-state index contributed by atoms with van der Waals surface area (Å²) in [5.74, 6) is -0.356. The van der Waals surface area contributed by atoms with Gasteiger partial charge in [0.05, 0.1) is 7.11 Å². The smallest absolute Gasteiger partial charge is 0.354 e. The van der Waals surface area contributed by atoms with E-state index in [9.17, 15) is 4.79 Å². The van der Waals surface area contributed by atoms with Gasteiger partial charge in [0.15, 0.2) is 0 Å². The first-order chi connectivity index (χ1) is 10.2. The maximum atomic E-state index is 11.6. The van der Waals surface area contributed by atoms with Crippen molar-refractivity contribution < 1.29 is 9.53 Å². The highest BCUT2D eigenvalue weighted by Gasteiger charge is 2.12. The predicted molar refractivity (Wildman–Crippen MR) is 87.9 cm³/mol.